The summed E-state index contributed by atoms with van der Waals surface area (Å²) >= 11 is 7.97. The number of para-hydroxylation sites is 1. The van der Waals surface area contributed by atoms with E-state index in [-0.39, 0.29) is 10.8 Å². The molecular weight excluding hydrogens is 382 g/mol. The normalized spacial score (nSPS) is 10.7. The predicted octanol–water partition coefficient (Wildman–Crippen LogP) is 5.84. The zero-order valence-corrected chi connectivity index (χ0v) is 15.9. The van der Waals surface area contributed by atoms with E-state index >= 15 is 0 Å². The Morgan fingerprint density at radius 3 is 2.52 bits per heavy atom. The van der Waals surface area contributed by atoms with Gasteiger partial charge in [0.25, 0.3) is 0 Å². The Morgan fingerprint density at radius 1 is 1.04 bits per heavy atom. The molecule has 1 aromatic heterocycles. The van der Waals surface area contributed by atoms with Gasteiger partial charge in [0.05, 0.1) is 27.9 Å². The average molecular weight is 396 g/mol. The number of rotatable bonds is 4. The van der Waals surface area contributed by atoms with Crippen LogP contribution in [0.1, 0.15) is 10.4 Å². The van der Waals surface area contributed by atoms with E-state index in [2.05, 4.69) is 4.98 Å². The number of benzene rings is 3. The molecule has 4 nitrogen and oxygen atoms in total. The quantitative estimate of drug-likeness (QED) is 0.321. The molecule has 0 amide bonds. The predicted molar refractivity (Wildman–Crippen MR) is 108 cm³/mol. The van der Waals surface area contributed by atoms with Crippen molar-refractivity contribution in [2.45, 2.75) is 0 Å². The number of carbonyl (C=O) groups is 1. The molecule has 1 heterocycles. The Labute approximate surface area is 165 Å². The van der Waals surface area contributed by atoms with Crippen LogP contribution in [0, 0.1) is 0 Å². The number of nitrogens with zero attached hydrogens (tertiary/aromatic N) is 1. The number of carbonyl (C=O) groups excluding carboxylic acids is 1. The van der Waals surface area contributed by atoms with Gasteiger partial charge in [0.1, 0.15) is 5.01 Å². The van der Waals surface area contributed by atoms with Gasteiger partial charge in [0.2, 0.25) is 0 Å². The van der Waals surface area contributed by atoms with Crippen molar-refractivity contribution in [2.75, 3.05) is 7.11 Å². The fourth-order valence-electron chi connectivity index (χ4n) is 2.66. The summed E-state index contributed by atoms with van der Waals surface area (Å²) in [7, 11) is 1.51. The van der Waals surface area contributed by atoms with Gasteiger partial charge in [-0.25, -0.2) is 9.78 Å². The van der Waals surface area contributed by atoms with Crippen LogP contribution in [0.3, 0.4) is 0 Å². The number of hydrogen-bond acceptors (Lipinski definition) is 5. The maximum absolute atomic E-state index is 12.4. The molecule has 0 radical (unpaired) electrons. The van der Waals surface area contributed by atoms with Gasteiger partial charge in [-0.1, -0.05) is 41.9 Å². The van der Waals surface area contributed by atoms with Crippen LogP contribution >= 0.6 is 22.9 Å². The van der Waals surface area contributed by atoms with Gasteiger partial charge in [-0.2, -0.15) is 0 Å². The Hall–Kier alpha value is -2.89. The number of thiazole rings is 1. The van der Waals surface area contributed by atoms with Gasteiger partial charge >= 0.3 is 5.97 Å². The molecule has 27 heavy (non-hydrogen) atoms. The third kappa shape index (κ3) is 3.52. The first-order chi connectivity index (χ1) is 13.2. The molecule has 0 aliphatic carbocycles. The maximum Gasteiger partial charge on any atom is 0.343 e. The molecule has 0 aliphatic heterocycles. The van der Waals surface area contributed by atoms with Crippen LogP contribution in [0.25, 0.3) is 20.8 Å². The second-order valence-electron chi connectivity index (χ2n) is 5.73. The molecule has 0 aliphatic rings. The Kier molecular flexibility index (Phi) is 4.79. The second-order valence-corrected chi connectivity index (χ2v) is 7.17. The highest BCUT2D eigenvalue weighted by molar-refractivity contribution is 7.21. The smallest absolute Gasteiger partial charge is 0.343 e. The van der Waals surface area contributed by atoms with Gasteiger partial charge in [-0.15, -0.1) is 11.3 Å². The molecule has 4 aromatic rings. The zero-order valence-electron chi connectivity index (χ0n) is 14.3. The van der Waals surface area contributed by atoms with E-state index < -0.39 is 5.97 Å². The summed E-state index contributed by atoms with van der Waals surface area (Å²) in [6.07, 6.45) is 0. The van der Waals surface area contributed by atoms with Gasteiger partial charge < -0.3 is 9.47 Å². The highest BCUT2D eigenvalue weighted by atomic mass is 35.5. The first-order valence-corrected chi connectivity index (χ1v) is 9.36. The Balaban J connectivity index is 1.71. The highest BCUT2D eigenvalue weighted by Gasteiger charge is 2.19. The largest absolute Gasteiger partial charge is 0.493 e. The van der Waals surface area contributed by atoms with Crippen LogP contribution in [0.2, 0.25) is 5.02 Å². The summed E-state index contributed by atoms with van der Waals surface area (Å²) in [5.74, 6) is 0.0717. The molecule has 134 valence electrons. The minimum absolute atomic E-state index is 0.192. The van der Waals surface area contributed by atoms with Gasteiger partial charge in [0.15, 0.2) is 11.5 Å². The molecule has 0 N–H and O–H groups in total. The highest BCUT2D eigenvalue weighted by Crippen LogP contribution is 2.41. The molecule has 0 atom stereocenters. The molecule has 0 saturated carbocycles. The van der Waals surface area contributed by atoms with E-state index in [9.17, 15) is 4.79 Å². The number of hydrogen-bond donors (Lipinski definition) is 0. The lowest BCUT2D eigenvalue weighted by Crippen LogP contribution is -2.09. The lowest BCUT2D eigenvalue weighted by molar-refractivity contribution is 0.0730. The van der Waals surface area contributed by atoms with Gasteiger partial charge in [-0.3, -0.25) is 0 Å². The minimum atomic E-state index is -0.497. The molecule has 3 aromatic carbocycles. The summed E-state index contributed by atoms with van der Waals surface area (Å²) in [4.78, 5) is 17.0. The number of halogens is 1. The SMILES string of the molecule is COc1cc(-c2nc3ccccc3s2)cc(Cl)c1OC(=O)c1ccccc1. The number of esters is 1. The second kappa shape index (κ2) is 7.39. The first kappa shape index (κ1) is 17.5. The molecule has 4 rings (SSSR count). The summed E-state index contributed by atoms with van der Waals surface area (Å²) in [6, 6.07) is 20.1. The summed E-state index contributed by atoms with van der Waals surface area (Å²) in [5.41, 5.74) is 2.16. The zero-order chi connectivity index (χ0) is 18.8. The van der Waals surface area contributed by atoms with Crippen LogP contribution < -0.4 is 9.47 Å². The van der Waals surface area contributed by atoms with E-state index in [1.54, 1.807) is 47.7 Å². The monoisotopic (exact) mass is 395 g/mol. The van der Waals surface area contributed by atoms with Crippen molar-refractivity contribution < 1.29 is 14.3 Å². The maximum atomic E-state index is 12.4. The van der Waals surface area contributed by atoms with Crippen LogP contribution in [-0.4, -0.2) is 18.1 Å². The number of ether oxygens (including phenoxy) is 2. The summed E-state index contributed by atoms with van der Waals surface area (Å²) < 4.78 is 12.0. The minimum Gasteiger partial charge on any atom is -0.493 e. The van der Waals surface area contributed by atoms with E-state index in [1.807, 2.05) is 30.3 Å². The van der Waals surface area contributed by atoms with Crippen molar-refractivity contribution in [3.05, 3.63) is 77.3 Å². The fourth-order valence-corrected chi connectivity index (χ4v) is 3.87. The van der Waals surface area contributed by atoms with Crippen LogP contribution in [0.4, 0.5) is 0 Å². The first-order valence-electron chi connectivity index (χ1n) is 8.16. The van der Waals surface area contributed by atoms with Crippen molar-refractivity contribution in [1.82, 2.24) is 4.98 Å². The lowest BCUT2D eigenvalue weighted by atomic mass is 10.2. The molecule has 6 heteroatoms. The standard InChI is InChI=1S/C21H14ClNO3S/c1-25-17-12-14(20-23-16-9-5-6-10-18(16)27-20)11-15(22)19(17)26-21(24)13-7-3-2-4-8-13/h2-12H,1H3. The summed E-state index contributed by atoms with van der Waals surface area (Å²) in [5, 5.41) is 1.10. The number of aromatic nitrogens is 1. The lowest BCUT2D eigenvalue weighted by Gasteiger charge is -2.12. The molecule has 0 unspecified atom stereocenters. The Bertz CT molecular complexity index is 1090. The molecule has 0 saturated heterocycles. The van der Waals surface area contributed by atoms with Crippen molar-refractivity contribution in [3.8, 4) is 22.1 Å². The van der Waals surface area contributed by atoms with Crippen LogP contribution in [-0.2, 0) is 0 Å². The van der Waals surface area contributed by atoms with Crippen LogP contribution in [0.5, 0.6) is 11.5 Å². The van der Waals surface area contributed by atoms with Crippen molar-refractivity contribution >= 4 is 39.1 Å². The number of fused-ring (bicyclic) bond motifs is 1. The van der Waals surface area contributed by atoms with Crippen molar-refractivity contribution in [1.29, 1.82) is 0 Å². The number of methoxy groups -OCH3 is 1. The van der Waals surface area contributed by atoms with Gasteiger partial charge in [-0.05, 0) is 36.4 Å². The average Bonchev–Trinajstić information content (AvgIpc) is 3.14. The molecule has 0 bridgehead atoms. The van der Waals surface area contributed by atoms with E-state index in [0.717, 1.165) is 20.8 Å². The molecular formula is C21H14ClNO3S. The van der Waals surface area contributed by atoms with E-state index in [0.29, 0.717) is 11.3 Å². The van der Waals surface area contributed by atoms with Crippen LogP contribution in [0.15, 0.2) is 66.7 Å². The van der Waals surface area contributed by atoms with Gasteiger partial charge in [0, 0.05) is 5.56 Å². The van der Waals surface area contributed by atoms with E-state index in [1.165, 1.54) is 7.11 Å². The molecule has 0 fully saturated rings. The molecule has 0 spiro atoms. The van der Waals surface area contributed by atoms with E-state index in [4.69, 9.17) is 21.1 Å². The fraction of sp³-hybridized carbons (Fsp3) is 0.0476. The topological polar surface area (TPSA) is 48.4 Å². The van der Waals surface area contributed by atoms with Crippen molar-refractivity contribution in [3.63, 3.8) is 0 Å². The van der Waals surface area contributed by atoms with Crippen molar-refractivity contribution in [2.24, 2.45) is 0 Å². The third-order valence-corrected chi connectivity index (χ3v) is 5.34. The third-order valence-electron chi connectivity index (χ3n) is 3.97. The Morgan fingerprint density at radius 2 is 1.78 bits per heavy atom. The summed E-state index contributed by atoms with van der Waals surface area (Å²) in [6.45, 7) is 0.